The van der Waals surface area contributed by atoms with Crippen LogP contribution < -0.4 is 10.1 Å². The number of nitrogens with zero attached hydrogens (tertiary/aromatic N) is 3. The number of fused-ring (bicyclic) bond motifs is 1. The van der Waals surface area contributed by atoms with Gasteiger partial charge in [0, 0.05) is 31.5 Å². The molecule has 130 valence electrons. The molecule has 1 aromatic heterocycles. The number of aryl methyl sites for hydroxylation is 1. The molecule has 0 spiro atoms. The van der Waals surface area contributed by atoms with Gasteiger partial charge in [-0.2, -0.15) is 4.98 Å². The molecule has 1 atom stereocenters. The first-order valence-corrected chi connectivity index (χ1v) is 8.26. The summed E-state index contributed by atoms with van der Waals surface area (Å²) in [6.07, 6.45) is 1.82. The number of anilines is 1. The van der Waals surface area contributed by atoms with Gasteiger partial charge in [0.2, 0.25) is 5.89 Å². The van der Waals surface area contributed by atoms with Crippen LogP contribution >= 0.6 is 0 Å². The largest absolute Gasteiger partial charge is 0.482 e. The van der Waals surface area contributed by atoms with Gasteiger partial charge in [0.15, 0.2) is 12.4 Å². The van der Waals surface area contributed by atoms with Crippen molar-refractivity contribution in [3.63, 3.8) is 0 Å². The van der Waals surface area contributed by atoms with Crippen molar-refractivity contribution in [3.8, 4) is 5.75 Å². The summed E-state index contributed by atoms with van der Waals surface area (Å²) in [6, 6.07) is 5.08. The van der Waals surface area contributed by atoms with E-state index in [1.165, 1.54) is 0 Å². The monoisotopic (exact) mass is 342 g/mol. The van der Waals surface area contributed by atoms with E-state index in [-0.39, 0.29) is 24.3 Å². The fourth-order valence-electron chi connectivity index (χ4n) is 3.24. The maximum absolute atomic E-state index is 12.9. The molecular formula is C17H18N4O4. The van der Waals surface area contributed by atoms with Gasteiger partial charge in [0.05, 0.1) is 5.69 Å². The van der Waals surface area contributed by atoms with Gasteiger partial charge in [0.1, 0.15) is 5.75 Å². The number of ether oxygens (including phenoxy) is 1. The number of hydrogen-bond donors (Lipinski definition) is 1. The van der Waals surface area contributed by atoms with Crippen LogP contribution in [0.1, 0.15) is 40.8 Å². The molecular weight excluding hydrogens is 324 g/mol. The van der Waals surface area contributed by atoms with Gasteiger partial charge in [-0.3, -0.25) is 9.59 Å². The van der Waals surface area contributed by atoms with Crippen LogP contribution in [0.3, 0.4) is 0 Å². The van der Waals surface area contributed by atoms with Gasteiger partial charge in [-0.1, -0.05) is 5.16 Å². The third-order valence-electron chi connectivity index (χ3n) is 4.48. The highest BCUT2D eigenvalue weighted by Crippen LogP contribution is 2.30. The van der Waals surface area contributed by atoms with Crippen LogP contribution in [0.5, 0.6) is 5.75 Å². The highest BCUT2D eigenvalue weighted by atomic mass is 16.5. The van der Waals surface area contributed by atoms with Crippen molar-refractivity contribution in [3.05, 3.63) is 35.5 Å². The van der Waals surface area contributed by atoms with E-state index in [2.05, 4.69) is 15.5 Å². The summed E-state index contributed by atoms with van der Waals surface area (Å²) in [5, 5.41) is 6.71. The van der Waals surface area contributed by atoms with E-state index >= 15 is 0 Å². The molecule has 0 aliphatic carbocycles. The molecule has 2 amide bonds. The first kappa shape index (κ1) is 15.6. The van der Waals surface area contributed by atoms with E-state index < -0.39 is 0 Å². The lowest BCUT2D eigenvalue weighted by Crippen LogP contribution is -2.39. The standard InChI is InChI=1S/C17H18N4O4/c1-10-18-16(20-25-10)12-3-2-6-21(8-12)17(23)11-4-5-13-14(7-11)24-9-15(22)19-13/h4-5,7,12H,2-3,6,8-9H2,1H3,(H,19,22)/t12-/m1/s1. The highest BCUT2D eigenvalue weighted by Gasteiger charge is 2.29. The van der Waals surface area contributed by atoms with Crippen LogP contribution in [0.15, 0.2) is 22.7 Å². The van der Waals surface area contributed by atoms with Gasteiger partial charge < -0.3 is 19.5 Å². The second-order valence-corrected chi connectivity index (χ2v) is 6.31. The minimum Gasteiger partial charge on any atom is -0.482 e. The van der Waals surface area contributed by atoms with E-state index in [4.69, 9.17) is 9.26 Å². The molecule has 8 heteroatoms. The number of amides is 2. The van der Waals surface area contributed by atoms with Gasteiger partial charge >= 0.3 is 0 Å². The van der Waals surface area contributed by atoms with Crippen molar-refractivity contribution in [2.24, 2.45) is 0 Å². The Hall–Kier alpha value is -2.90. The summed E-state index contributed by atoms with van der Waals surface area (Å²) in [6.45, 7) is 2.98. The van der Waals surface area contributed by atoms with Crippen molar-refractivity contribution < 1.29 is 18.8 Å². The Bertz CT molecular complexity index is 832. The average Bonchev–Trinajstić information content (AvgIpc) is 3.07. The minimum atomic E-state index is -0.194. The first-order valence-electron chi connectivity index (χ1n) is 8.26. The van der Waals surface area contributed by atoms with Crippen LogP contribution in [-0.4, -0.2) is 46.6 Å². The van der Waals surface area contributed by atoms with Crippen molar-refractivity contribution >= 4 is 17.5 Å². The number of aromatic nitrogens is 2. The Kier molecular flexibility index (Phi) is 3.87. The molecule has 8 nitrogen and oxygen atoms in total. The Morgan fingerprint density at radius 3 is 3.08 bits per heavy atom. The lowest BCUT2D eigenvalue weighted by Gasteiger charge is -2.31. The number of piperidine rings is 1. The average molecular weight is 342 g/mol. The number of carbonyl (C=O) groups excluding carboxylic acids is 2. The lowest BCUT2D eigenvalue weighted by molar-refractivity contribution is -0.118. The van der Waals surface area contributed by atoms with Gasteiger partial charge in [-0.25, -0.2) is 0 Å². The normalized spacial score (nSPS) is 19.8. The van der Waals surface area contributed by atoms with E-state index in [1.54, 1.807) is 25.1 Å². The molecule has 0 bridgehead atoms. The number of likely N-dealkylation sites (tertiary alicyclic amines) is 1. The quantitative estimate of drug-likeness (QED) is 0.892. The molecule has 2 aromatic rings. The molecule has 4 rings (SSSR count). The molecule has 0 saturated carbocycles. The summed E-state index contributed by atoms with van der Waals surface area (Å²) >= 11 is 0. The Morgan fingerprint density at radius 1 is 1.40 bits per heavy atom. The molecule has 0 unspecified atom stereocenters. The van der Waals surface area contributed by atoms with Crippen molar-refractivity contribution in [2.75, 3.05) is 25.0 Å². The van der Waals surface area contributed by atoms with Crippen LogP contribution in [0.25, 0.3) is 0 Å². The molecule has 2 aliphatic rings. The third kappa shape index (κ3) is 3.07. The number of carbonyl (C=O) groups is 2. The van der Waals surface area contributed by atoms with Crippen LogP contribution in [0, 0.1) is 6.92 Å². The highest BCUT2D eigenvalue weighted by molar-refractivity contribution is 5.99. The number of benzene rings is 1. The second-order valence-electron chi connectivity index (χ2n) is 6.31. The molecule has 0 radical (unpaired) electrons. The lowest BCUT2D eigenvalue weighted by atomic mass is 9.96. The fraction of sp³-hybridized carbons (Fsp3) is 0.412. The Labute approximate surface area is 144 Å². The molecule has 1 aromatic carbocycles. The predicted molar refractivity (Wildman–Crippen MR) is 87.5 cm³/mol. The summed E-state index contributed by atoms with van der Waals surface area (Å²) in [5.41, 5.74) is 1.13. The molecule has 1 saturated heterocycles. The summed E-state index contributed by atoms with van der Waals surface area (Å²) < 4.78 is 10.4. The Morgan fingerprint density at radius 2 is 2.28 bits per heavy atom. The zero-order chi connectivity index (χ0) is 17.4. The minimum absolute atomic E-state index is 0.0341. The van der Waals surface area contributed by atoms with E-state index in [0.717, 1.165) is 12.8 Å². The zero-order valence-corrected chi connectivity index (χ0v) is 13.8. The van der Waals surface area contributed by atoms with Crippen molar-refractivity contribution in [1.29, 1.82) is 0 Å². The van der Waals surface area contributed by atoms with E-state index in [0.29, 0.717) is 41.8 Å². The predicted octanol–water partition coefficient (Wildman–Crippen LogP) is 1.73. The zero-order valence-electron chi connectivity index (χ0n) is 13.8. The maximum atomic E-state index is 12.9. The number of hydrogen-bond acceptors (Lipinski definition) is 6. The molecule has 25 heavy (non-hydrogen) atoms. The smallest absolute Gasteiger partial charge is 0.262 e. The van der Waals surface area contributed by atoms with Crippen molar-refractivity contribution in [1.82, 2.24) is 15.0 Å². The Balaban J connectivity index is 1.51. The summed E-state index contributed by atoms with van der Waals surface area (Å²) in [7, 11) is 0. The van der Waals surface area contributed by atoms with Crippen molar-refractivity contribution in [2.45, 2.75) is 25.7 Å². The summed E-state index contributed by atoms with van der Waals surface area (Å²) in [5.74, 6) is 1.55. The van der Waals surface area contributed by atoms with Crippen LogP contribution in [0.4, 0.5) is 5.69 Å². The molecule has 3 heterocycles. The molecule has 2 aliphatic heterocycles. The van der Waals surface area contributed by atoms with Gasteiger partial charge in [-0.05, 0) is 31.0 Å². The maximum Gasteiger partial charge on any atom is 0.262 e. The fourth-order valence-corrected chi connectivity index (χ4v) is 3.24. The van der Waals surface area contributed by atoms with E-state index in [9.17, 15) is 9.59 Å². The summed E-state index contributed by atoms with van der Waals surface area (Å²) in [4.78, 5) is 30.3. The number of nitrogens with one attached hydrogen (secondary N) is 1. The van der Waals surface area contributed by atoms with Gasteiger partial charge in [0.25, 0.3) is 11.8 Å². The topological polar surface area (TPSA) is 97.6 Å². The molecule has 1 fully saturated rings. The van der Waals surface area contributed by atoms with Crippen LogP contribution in [-0.2, 0) is 4.79 Å². The SMILES string of the molecule is Cc1nc([C@@H]2CCCN(C(=O)c3ccc4c(c3)OCC(=O)N4)C2)no1. The first-order chi connectivity index (χ1) is 12.1. The second kappa shape index (κ2) is 6.19. The van der Waals surface area contributed by atoms with Crippen LogP contribution in [0.2, 0.25) is 0 Å². The molecule has 1 N–H and O–H groups in total. The third-order valence-corrected chi connectivity index (χ3v) is 4.48. The number of rotatable bonds is 2. The van der Waals surface area contributed by atoms with Gasteiger partial charge in [-0.15, -0.1) is 0 Å². The van der Waals surface area contributed by atoms with E-state index in [1.807, 2.05) is 4.90 Å².